The summed E-state index contributed by atoms with van der Waals surface area (Å²) in [5.41, 5.74) is 5.68. The van der Waals surface area contributed by atoms with Gasteiger partial charge in [-0.05, 0) is 31.6 Å². The number of nitrogens with two attached hydrogens (primary N) is 1. The van der Waals surface area contributed by atoms with Crippen LogP contribution < -0.4 is 5.73 Å². The Kier molecular flexibility index (Phi) is 5.46. The van der Waals surface area contributed by atoms with Gasteiger partial charge in [0, 0.05) is 19.6 Å². The summed E-state index contributed by atoms with van der Waals surface area (Å²) < 4.78 is 41.9. The second kappa shape index (κ2) is 6.24. The van der Waals surface area contributed by atoms with Crippen molar-refractivity contribution in [2.75, 3.05) is 7.11 Å². The van der Waals surface area contributed by atoms with Gasteiger partial charge in [-0.3, -0.25) is 0 Å². The van der Waals surface area contributed by atoms with Crippen LogP contribution in [0.4, 0.5) is 13.2 Å². The normalized spacial score (nSPS) is 31.3. The van der Waals surface area contributed by atoms with Gasteiger partial charge in [-0.15, -0.1) is 0 Å². The molecule has 2 N–H and O–H groups in total. The second-order valence-corrected chi connectivity index (χ2v) is 5.58. The summed E-state index contributed by atoms with van der Waals surface area (Å²) in [4.78, 5) is 0. The highest BCUT2D eigenvalue weighted by Gasteiger charge is 2.40. The smallest absolute Gasteiger partial charge is 0.377 e. The van der Waals surface area contributed by atoms with Gasteiger partial charge in [-0.1, -0.05) is 19.8 Å². The number of alkyl halides is 3. The van der Waals surface area contributed by atoms with Crippen LogP contribution in [-0.2, 0) is 4.74 Å². The van der Waals surface area contributed by atoms with Crippen LogP contribution in [0, 0.1) is 5.92 Å². The van der Waals surface area contributed by atoms with E-state index < -0.39 is 18.2 Å². The van der Waals surface area contributed by atoms with E-state index in [4.69, 9.17) is 10.5 Å². The molecule has 1 fully saturated rings. The Morgan fingerprint density at radius 2 is 2.11 bits per heavy atom. The lowest BCUT2D eigenvalue weighted by molar-refractivity contribution is -0.137. The number of hydrogen-bond donors (Lipinski definition) is 1. The Morgan fingerprint density at radius 1 is 1.44 bits per heavy atom. The summed E-state index contributed by atoms with van der Waals surface area (Å²) in [7, 11) is 1.63. The van der Waals surface area contributed by atoms with Crippen molar-refractivity contribution in [2.45, 2.75) is 69.7 Å². The molecular weight excluding hydrogens is 243 g/mol. The maximum absolute atomic E-state index is 12.1. The van der Waals surface area contributed by atoms with Gasteiger partial charge in [0.05, 0.1) is 5.60 Å². The van der Waals surface area contributed by atoms with Crippen molar-refractivity contribution in [3.8, 4) is 0 Å². The van der Waals surface area contributed by atoms with E-state index in [0.717, 1.165) is 25.7 Å². The summed E-state index contributed by atoms with van der Waals surface area (Å²) >= 11 is 0. The summed E-state index contributed by atoms with van der Waals surface area (Å²) in [6.45, 7) is 2.15. The molecule has 0 aromatic carbocycles. The highest BCUT2D eigenvalue weighted by Crippen LogP contribution is 2.38. The molecule has 0 bridgehead atoms. The standard InChI is InChI=1S/C13H24F3NO/c1-10-5-3-7-12(9-10,18-2)11(17)6-4-8-13(14,15)16/h10-11H,3-9,17H2,1-2H3. The summed E-state index contributed by atoms with van der Waals surface area (Å²) in [6.07, 6.45) is -0.458. The Bertz CT molecular complexity index is 257. The van der Waals surface area contributed by atoms with E-state index in [2.05, 4.69) is 6.92 Å². The van der Waals surface area contributed by atoms with Gasteiger partial charge in [-0.2, -0.15) is 13.2 Å². The van der Waals surface area contributed by atoms with E-state index in [0.29, 0.717) is 12.3 Å². The number of halogens is 3. The molecule has 0 aliphatic heterocycles. The SMILES string of the molecule is COC1(C(N)CCCC(F)(F)F)CCCC(C)C1. The van der Waals surface area contributed by atoms with Crippen LogP contribution in [0.3, 0.4) is 0 Å². The van der Waals surface area contributed by atoms with E-state index >= 15 is 0 Å². The first-order valence-electron chi connectivity index (χ1n) is 6.66. The van der Waals surface area contributed by atoms with Gasteiger partial charge in [0.15, 0.2) is 0 Å². The molecule has 18 heavy (non-hydrogen) atoms. The number of ether oxygens (including phenoxy) is 1. The number of hydrogen-bond acceptors (Lipinski definition) is 2. The van der Waals surface area contributed by atoms with Crippen LogP contribution in [-0.4, -0.2) is 24.9 Å². The van der Waals surface area contributed by atoms with E-state index in [1.54, 1.807) is 7.11 Å². The fraction of sp³-hybridized carbons (Fsp3) is 1.00. The van der Waals surface area contributed by atoms with Gasteiger partial charge in [-0.25, -0.2) is 0 Å². The number of rotatable bonds is 5. The Morgan fingerprint density at radius 3 is 2.61 bits per heavy atom. The molecule has 0 aromatic rings. The zero-order chi connectivity index (χ0) is 13.8. The molecule has 3 unspecified atom stereocenters. The van der Waals surface area contributed by atoms with Crippen LogP contribution >= 0.6 is 0 Å². The fourth-order valence-corrected chi connectivity index (χ4v) is 3.00. The molecule has 108 valence electrons. The molecule has 0 amide bonds. The van der Waals surface area contributed by atoms with Gasteiger partial charge < -0.3 is 10.5 Å². The van der Waals surface area contributed by atoms with E-state index in [1.807, 2.05) is 0 Å². The monoisotopic (exact) mass is 267 g/mol. The highest BCUT2D eigenvalue weighted by molar-refractivity contribution is 4.95. The van der Waals surface area contributed by atoms with Gasteiger partial charge in [0.2, 0.25) is 0 Å². The van der Waals surface area contributed by atoms with Crippen molar-refractivity contribution in [1.29, 1.82) is 0 Å². The van der Waals surface area contributed by atoms with Crippen molar-refractivity contribution in [2.24, 2.45) is 11.7 Å². The minimum absolute atomic E-state index is 0.0875. The van der Waals surface area contributed by atoms with Crippen LogP contribution in [0.25, 0.3) is 0 Å². The first-order valence-corrected chi connectivity index (χ1v) is 6.66. The van der Waals surface area contributed by atoms with Crippen molar-refractivity contribution in [1.82, 2.24) is 0 Å². The quantitative estimate of drug-likeness (QED) is 0.825. The number of methoxy groups -OCH3 is 1. The molecule has 0 saturated heterocycles. The molecule has 0 aromatic heterocycles. The second-order valence-electron chi connectivity index (χ2n) is 5.58. The Balaban J connectivity index is 2.48. The average molecular weight is 267 g/mol. The first-order chi connectivity index (χ1) is 8.29. The summed E-state index contributed by atoms with van der Waals surface area (Å²) in [5.74, 6) is 0.535. The lowest BCUT2D eigenvalue weighted by Crippen LogP contribution is -2.52. The van der Waals surface area contributed by atoms with Crippen molar-refractivity contribution in [3.05, 3.63) is 0 Å². The predicted molar refractivity (Wildman–Crippen MR) is 65.3 cm³/mol. The van der Waals surface area contributed by atoms with Crippen LogP contribution in [0.2, 0.25) is 0 Å². The third-order valence-electron chi connectivity index (χ3n) is 4.05. The molecule has 1 aliphatic rings. The minimum atomic E-state index is -4.08. The van der Waals surface area contributed by atoms with E-state index in [1.165, 1.54) is 0 Å². The summed E-state index contributed by atoms with van der Waals surface area (Å²) in [6, 6.07) is -0.299. The van der Waals surface area contributed by atoms with Crippen molar-refractivity contribution in [3.63, 3.8) is 0 Å². The molecule has 1 rings (SSSR count). The summed E-state index contributed by atoms with van der Waals surface area (Å²) in [5, 5.41) is 0. The van der Waals surface area contributed by atoms with E-state index in [-0.39, 0.29) is 12.5 Å². The minimum Gasteiger partial charge on any atom is -0.377 e. The zero-order valence-corrected chi connectivity index (χ0v) is 11.2. The topological polar surface area (TPSA) is 35.2 Å². The lowest BCUT2D eigenvalue weighted by atomic mass is 9.73. The molecule has 2 nitrogen and oxygen atoms in total. The molecular formula is C13H24F3NO. The molecule has 0 radical (unpaired) electrons. The van der Waals surface area contributed by atoms with E-state index in [9.17, 15) is 13.2 Å². The van der Waals surface area contributed by atoms with Gasteiger partial charge in [0.25, 0.3) is 0 Å². The molecule has 0 heterocycles. The largest absolute Gasteiger partial charge is 0.389 e. The molecule has 5 heteroatoms. The average Bonchev–Trinajstić information content (AvgIpc) is 2.27. The lowest BCUT2D eigenvalue weighted by Gasteiger charge is -2.43. The first kappa shape index (κ1) is 15.8. The van der Waals surface area contributed by atoms with Crippen LogP contribution in [0.1, 0.15) is 51.9 Å². The predicted octanol–water partition coefficient (Wildman–Crippen LogP) is 3.64. The molecule has 0 spiro atoms. The molecule has 1 aliphatic carbocycles. The van der Waals surface area contributed by atoms with Gasteiger partial charge in [0.1, 0.15) is 0 Å². The Hall–Kier alpha value is -0.290. The maximum Gasteiger partial charge on any atom is 0.389 e. The maximum atomic E-state index is 12.1. The fourth-order valence-electron chi connectivity index (χ4n) is 3.00. The third-order valence-corrected chi connectivity index (χ3v) is 4.05. The highest BCUT2D eigenvalue weighted by atomic mass is 19.4. The Labute approximate surface area is 107 Å². The van der Waals surface area contributed by atoms with Crippen molar-refractivity contribution < 1.29 is 17.9 Å². The third kappa shape index (κ3) is 4.43. The molecule has 3 atom stereocenters. The molecule has 1 saturated carbocycles. The van der Waals surface area contributed by atoms with Gasteiger partial charge >= 0.3 is 6.18 Å². The zero-order valence-electron chi connectivity index (χ0n) is 11.2. The van der Waals surface area contributed by atoms with Crippen LogP contribution in [0.5, 0.6) is 0 Å². The van der Waals surface area contributed by atoms with Crippen LogP contribution in [0.15, 0.2) is 0 Å². The van der Waals surface area contributed by atoms with Crippen molar-refractivity contribution >= 4 is 0 Å².